The number of aliphatic hydroxyl groups is 1. The lowest BCUT2D eigenvalue weighted by atomic mass is 10.1. The number of ether oxygens (including phenoxy) is 2. The molecule has 3 unspecified atom stereocenters. The van der Waals surface area contributed by atoms with Crippen molar-refractivity contribution in [3.05, 3.63) is 47.5 Å². The summed E-state index contributed by atoms with van der Waals surface area (Å²) in [5, 5.41) is 14.7. The molecule has 1 fully saturated rings. The highest BCUT2D eigenvalue weighted by atomic mass is 16.8. The summed E-state index contributed by atoms with van der Waals surface area (Å²) in [5.74, 6) is 0. The monoisotopic (exact) mass is 300 g/mol. The Hall–Kier alpha value is -2.22. The number of hydrogen-bond donors (Lipinski definition) is 2. The summed E-state index contributed by atoms with van der Waals surface area (Å²) in [4.78, 5) is 7.58. The Balaban J connectivity index is 1.73. The van der Waals surface area contributed by atoms with E-state index in [0.29, 0.717) is 11.4 Å². The SMILES string of the molecule is COC1OC1c1ccnc2cc(C(O)c3ccn(C)n3)[nH]c12. The van der Waals surface area contributed by atoms with E-state index in [-0.39, 0.29) is 12.4 Å². The fourth-order valence-electron chi connectivity index (χ4n) is 2.69. The van der Waals surface area contributed by atoms with Crippen molar-refractivity contribution in [1.29, 1.82) is 0 Å². The molecule has 3 atom stereocenters. The number of rotatable bonds is 4. The summed E-state index contributed by atoms with van der Waals surface area (Å²) < 4.78 is 12.3. The van der Waals surface area contributed by atoms with Gasteiger partial charge in [0.2, 0.25) is 0 Å². The van der Waals surface area contributed by atoms with Crippen LogP contribution in [0, 0.1) is 0 Å². The van der Waals surface area contributed by atoms with Gasteiger partial charge in [0.05, 0.1) is 22.4 Å². The molecule has 114 valence electrons. The molecule has 7 heteroatoms. The van der Waals surface area contributed by atoms with Crippen molar-refractivity contribution in [1.82, 2.24) is 19.7 Å². The fraction of sp³-hybridized carbons (Fsp3) is 0.333. The van der Waals surface area contributed by atoms with E-state index in [4.69, 9.17) is 9.47 Å². The van der Waals surface area contributed by atoms with E-state index in [1.54, 1.807) is 30.3 Å². The van der Waals surface area contributed by atoms with Gasteiger partial charge in [-0.2, -0.15) is 5.10 Å². The van der Waals surface area contributed by atoms with Crippen LogP contribution in [0.5, 0.6) is 0 Å². The lowest BCUT2D eigenvalue weighted by Gasteiger charge is -2.04. The van der Waals surface area contributed by atoms with Gasteiger partial charge in [-0.25, -0.2) is 0 Å². The molecular formula is C15H16N4O3. The normalized spacial score (nSPS) is 22.1. The van der Waals surface area contributed by atoms with E-state index < -0.39 is 6.10 Å². The van der Waals surface area contributed by atoms with Crippen LogP contribution in [0.3, 0.4) is 0 Å². The third-order valence-electron chi connectivity index (χ3n) is 3.87. The molecule has 7 nitrogen and oxygen atoms in total. The Morgan fingerprint density at radius 2 is 2.32 bits per heavy atom. The van der Waals surface area contributed by atoms with Crippen LogP contribution in [0.25, 0.3) is 11.0 Å². The molecule has 0 amide bonds. The average Bonchev–Trinajstić information content (AvgIpc) is 2.96. The summed E-state index contributed by atoms with van der Waals surface area (Å²) in [7, 11) is 3.43. The lowest BCUT2D eigenvalue weighted by molar-refractivity contribution is 0.0950. The van der Waals surface area contributed by atoms with E-state index in [1.807, 2.05) is 19.2 Å². The zero-order valence-corrected chi connectivity index (χ0v) is 12.2. The summed E-state index contributed by atoms with van der Waals surface area (Å²) in [6.07, 6.45) is 2.41. The van der Waals surface area contributed by atoms with Crippen molar-refractivity contribution < 1.29 is 14.6 Å². The van der Waals surface area contributed by atoms with Gasteiger partial charge < -0.3 is 19.6 Å². The number of methoxy groups -OCH3 is 1. The van der Waals surface area contributed by atoms with Gasteiger partial charge in [0, 0.05) is 32.1 Å². The molecule has 3 aromatic rings. The molecule has 4 heterocycles. The van der Waals surface area contributed by atoms with Gasteiger partial charge in [-0.3, -0.25) is 9.67 Å². The summed E-state index contributed by atoms with van der Waals surface area (Å²) in [5.41, 5.74) is 3.87. The van der Waals surface area contributed by atoms with E-state index in [1.165, 1.54) is 0 Å². The van der Waals surface area contributed by atoms with Crippen LogP contribution in [0.2, 0.25) is 0 Å². The second-order valence-corrected chi connectivity index (χ2v) is 5.36. The van der Waals surface area contributed by atoms with Crippen LogP contribution in [0.4, 0.5) is 0 Å². The minimum atomic E-state index is -0.818. The van der Waals surface area contributed by atoms with Crippen molar-refractivity contribution in [2.75, 3.05) is 7.11 Å². The van der Waals surface area contributed by atoms with Crippen LogP contribution in [0.1, 0.15) is 29.2 Å². The number of epoxide rings is 1. The highest BCUT2D eigenvalue weighted by molar-refractivity contribution is 5.80. The van der Waals surface area contributed by atoms with Crippen molar-refractivity contribution in [3.63, 3.8) is 0 Å². The van der Waals surface area contributed by atoms with Gasteiger partial charge in [0.15, 0.2) is 6.29 Å². The standard InChI is InChI=1S/C15H16N4O3/c1-19-6-4-9(18-19)13(20)11-7-10-12(17-11)8(3-5-16-10)14-15(21-2)22-14/h3-7,13-15,17,20H,1-2H3. The van der Waals surface area contributed by atoms with Crippen molar-refractivity contribution in [2.24, 2.45) is 7.05 Å². The average molecular weight is 300 g/mol. The topological polar surface area (TPSA) is 88.5 Å². The number of aromatic nitrogens is 4. The molecule has 2 N–H and O–H groups in total. The van der Waals surface area contributed by atoms with Crippen LogP contribution < -0.4 is 0 Å². The maximum atomic E-state index is 10.5. The highest BCUT2D eigenvalue weighted by Gasteiger charge is 2.42. The molecule has 4 rings (SSSR count). The first-order valence-corrected chi connectivity index (χ1v) is 7.01. The number of nitrogens with one attached hydrogen (secondary N) is 1. The summed E-state index contributed by atoms with van der Waals surface area (Å²) in [6.45, 7) is 0. The first-order chi connectivity index (χ1) is 10.7. The molecule has 1 aliphatic heterocycles. The molecule has 0 aromatic carbocycles. The molecule has 0 aliphatic carbocycles. The Kier molecular flexibility index (Phi) is 3.00. The van der Waals surface area contributed by atoms with Crippen LogP contribution in [-0.2, 0) is 16.5 Å². The number of H-pyrrole nitrogens is 1. The number of aromatic amines is 1. The number of fused-ring (bicyclic) bond motifs is 1. The Bertz CT molecular complexity index is 825. The zero-order valence-electron chi connectivity index (χ0n) is 12.2. The van der Waals surface area contributed by atoms with Crippen molar-refractivity contribution in [2.45, 2.75) is 18.5 Å². The smallest absolute Gasteiger partial charge is 0.188 e. The van der Waals surface area contributed by atoms with E-state index in [2.05, 4.69) is 15.1 Å². The van der Waals surface area contributed by atoms with Crippen molar-refractivity contribution in [3.8, 4) is 0 Å². The fourth-order valence-corrected chi connectivity index (χ4v) is 2.69. The number of hydrogen-bond acceptors (Lipinski definition) is 5. The molecule has 1 saturated heterocycles. The van der Waals surface area contributed by atoms with E-state index >= 15 is 0 Å². The van der Waals surface area contributed by atoms with Gasteiger partial charge in [-0.05, 0) is 18.2 Å². The first kappa shape index (κ1) is 13.4. The van der Waals surface area contributed by atoms with Gasteiger partial charge >= 0.3 is 0 Å². The molecule has 0 bridgehead atoms. The van der Waals surface area contributed by atoms with Crippen LogP contribution in [0.15, 0.2) is 30.6 Å². The Morgan fingerprint density at radius 1 is 1.45 bits per heavy atom. The first-order valence-electron chi connectivity index (χ1n) is 7.01. The molecule has 0 saturated carbocycles. The van der Waals surface area contributed by atoms with Gasteiger partial charge in [0.25, 0.3) is 0 Å². The quantitative estimate of drug-likeness (QED) is 0.711. The number of aryl methyl sites for hydroxylation is 1. The minimum Gasteiger partial charge on any atom is -0.380 e. The largest absolute Gasteiger partial charge is 0.380 e. The summed E-state index contributed by atoms with van der Waals surface area (Å²) >= 11 is 0. The molecule has 0 spiro atoms. The number of nitrogens with zero attached hydrogens (tertiary/aromatic N) is 3. The Morgan fingerprint density at radius 3 is 3.00 bits per heavy atom. The number of aliphatic hydroxyl groups excluding tert-OH is 1. The third-order valence-corrected chi connectivity index (χ3v) is 3.87. The highest BCUT2D eigenvalue weighted by Crippen LogP contribution is 2.41. The van der Waals surface area contributed by atoms with Gasteiger partial charge in [-0.1, -0.05) is 0 Å². The maximum Gasteiger partial charge on any atom is 0.188 e. The molecule has 0 radical (unpaired) electrons. The Labute approximate surface area is 126 Å². The zero-order chi connectivity index (χ0) is 15.3. The third kappa shape index (κ3) is 2.10. The van der Waals surface area contributed by atoms with Gasteiger partial charge in [-0.15, -0.1) is 0 Å². The van der Waals surface area contributed by atoms with Crippen molar-refractivity contribution >= 4 is 11.0 Å². The molecule has 3 aromatic heterocycles. The lowest BCUT2D eigenvalue weighted by Crippen LogP contribution is -2.02. The molecular weight excluding hydrogens is 284 g/mol. The van der Waals surface area contributed by atoms with Crippen LogP contribution >= 0.6 is 0 Å². The minimum absolute atomic E-state index is 0.0889. The van der Waals surface area contributed by atoms with E-state index in [9.17, 15) is 5.11 Å². The molecule has 22 heavy (non-hydrogen) atoms. The molecule has 1 aliphatic rings. The van der Waals surface area contributed by atoms with E-state index in [0.717, 1.165) is 16.6 Å². The van der Waals surface area contributed by atoms with Gasteiger partial charge in [0.1, 0.15) is 12.2 Å². The summed E-state index contributed by atoms with van der Waals surface area (Å²) in [6, 6.07) is 5.53. The second-order valence-electron chi connectivity index (χ2n) is 5.36. The number of pyridine rings is 1. The predicted octanol–water partition coefficient (Wildman–Crippen LogP) is 1.42. The second kappa shape index (κ2) is 4.91. The van der Waals surface area contributed by atoms with Crippen LogP contribution in [-0.4, -0.2) is 38.3 Å². The predicted molar refractivity (Wildman–Crippen MR) is 78.0 cm³/mol. The maximum absolute atomic E-state index is 10.5.